The van der Waals surface area contributed by atoms with Crippen LogP contribution in [0.5, 0.6) is 5.75 Å². The number of carbonyl (C=O) groups is 2. The number of ether oxygens (including phenoxy) is 1. The molecule has 3 amide bonds. The third-order valence-corrected chi connectivity index (χ3v) is 3.27. The first-order valence-corrected chi connectivity index (χ1v) is 6.97. The van der Waals surface area contributed by atoms with E-state index in [9.17, 15) is 14.0 Å². The van der Waals surface area contributed by atoms with Crippen LogP contribution in [0.3, 0.4) is 0 Å². The summed E-state index contributed by atoms with van der Waals surface area (Å²) >= 11 is 0. The molecule has 118 valence electrons. The second kappa shape index (κ2) is 6.35. The fraction of sp³-hybridized carbons (Fsp3) is 0.125. The molecule has 0 saturated carbocycles. The smallest absolute Gasteiger partial charge is 0.319 e. The molecule has 0 fully saturated rings. The Kier molecular flexibility index (Phi) is 4.09. The van der Waals surface area contributed by atoms with Gasteiger partial charge in [-0.1, -0.05) is 18.2 Å². The minimum absolute atomic E-state index is 0.0596. The molecule has 0 unspecified atom stereocenters. The van der Waals surface area contributed by atoms with Gasteiger partial charge in [0.05, 0.1) is 5.69 Å². The van der Waals surface area contributed by atoms with Crippen LogP contribution in [0, 0.1) is 5.82 Å². The number of anilines is 2. The van der Waals surface area contributed by atoms with Gasteiger partial charge in [-0.25, -0.2) is 9.18 Å². The van der Waals surface area contributed by atoms with Crippen LogP contribution >= 0.6 is 0 Å². The van der Waals surface area contributed by atoms with E-state index >= 15 is 0 Å². The van der Waals surface area contributed by atoms with Gasteiger partial charge >= 0.3 is 6.03 Å². The molecular weight excluding hydrogens is 301 g/mol. The molecule has 0 saturated heterocycles. The first-order chi connectivity index (χ1) is 11.1. The van der Waals surface area contributed by atoms with Crippen LogP contribution in [0.1, 0.15) is 5.56 Å². The molecule has 0 atom stereocenters. The molecule has 3 N–H and O–H groups in total. The van der Waals surface area contributed by atoms with Crippen LogP contribution in [-0.2, 0) is 11.3 Å². The Morgan fingerprint density at radius 3 is 2.91 bits per heavy atom. The minimum Gasteiger partial charge on any atom is -0.482 e. The van der Waals surface area contributed by atoms with Gasteiger partial charge in [0.1, 0.15) is 11.6 Å². The standard InChI is InChI=1S/C16H14FN3O3/c17-12-4-2-1-3-10(12)8-18-16(22)19-11-5-6-13-14(7-11)23-9-15(21)20-13/h1-7H,8-9H2,(H,20,21)(H2,18,19,22). The molecule has 0 spiro atoms. The zero-order valence-electron chi connectivity index (χ0n) is 12.1. The van der Waals surface area contributed by atoms with Gasteiger partial charge in [0.2, 0.25) is 0 Å². The van der Waals surface area contributed by atoms with Gasteiger partial charge < -0.3 is 20.7 Å². The summed E-state index contributed by atoms with van der Waals surface area (Å²) < 4.78 is 18.7. The molecule has 1 aliphatic rings. The summed E-state index contributed by atoms with van der Waals surface area (Å²) in [7, 11) is 0. The van der Waals surface area contributed by atoms with Crippen molar-refractivity contribution in [3.63, 3.8) is 0 Å². The van der Waals surface area contributed by atoms with Crippen molar-refractivity contribution in [2.24, 2.45) is 0 Å². The summed E-state index contributed by atoms with van der Waals surface area (Å²) in [6, 6.07) is 10.6. The van der Waals surface area contributed by atoms with Crippen LogP contribution < -0.4 is 20.7 Å². The number of amides is 3. The fourth-order valence-electron chi connectivity index (χ4n) is 2.14. The number of rotatable bonds is 3. The predicted molar refractivity (Wildman–Crippen MR) is 82.8 cm³/mol. The van der Waals surface area contributed by atoms with Gasteiger partial charge in [0.25, 0.3) is 5.91 Å². The molecule has 2 aromatic carbocycles. The zero-order chi connectivity index (χ0) is 16.2. The summed E-state index contributed by atoms with van der Waals surface area (Å²) in [4.78, 5) is 23.1. The molecule has 23 heavy (non-hydrogen) atoms. The van der Waals surface area contributed by atoms with Crippen molar-refractivity contribution in [2.75, 3.05) is 17.2 Å². The van der Waals surface area contributed by atoms with Crippen molar-refractivity contribution in [3.05, 3.63) is 53.8 Å². The van der Waals surface area contributed by atoms with E-state index in [1.165, 1.54) is 6.07 Å². The van der Waals surface area contributed by atoms with Crippen LogP contribution in [0.15, 0.2) is 42.5 Å². The number of hydrogen-bond acceptors (Lipinski definition) is 3. The average Bonchev–Trinajstić information content (AvgIpc) is 2.54. The third kappa shape index (κ3) is 3.57. The third-order valence-electron chi connectivity index (χ3n) is 3.27. The molecule has 3 rings (SSSR count). The van der Waals surface area contributed by atoms with Crippen molar-refractivity contribution in [3.8, 4) is 5.75 Å². The maximum absolute atomic E-state index is 13.5. The number of carbonyl (C=O) groups excluding carboxylic acids is 2. The van der Waals surface area contributed by atoms with E-state index in [4.69, 9.17) is 4.74 Å². The fourth-order valence-corrected chi connectivity index (χ4v) is 2.14. The van der Waals surface area contributed by atoms with E-state index in [1.807, 2.05) is 0 Å². The molecule has 0 bridgehead atoms. The number of benzene rings is 2. The van der Waals surface area contributed by atoms with E-state index in [1.54, 1.807) is 36.4 Å². The molecule has 0 aromatic heterocycles. The van der Waals surface area contributed by atoms with Crippen molar-refractivity contribution >= 4 is 23.3 Å². The number of nitrogens with one attached hydrogen (secondary N) is 3. The lowest BCUT2D eigenvalue weighted by Gasteiger charge is -2.18. The van der Waals surface area contributed by atoms with E-state index in [2.05, 4.69) is 16.0 Å². The Morgan fingerprint density at radius 1 is 1.26 bits per heavy atom. The predicted octanol–water partition coefficient (Wildman–Crippen LogP) is 2.48. The van der Waals surface area contributed by atoms with Crippen molar-refractivity contribution in [1.82, 2.24) is 5.32 Å². The first-order valence-electron chi connectivity index (χ1n) is 6.97. The zero-order valence-corrected chi connectivity index (χ0v) is 12.1. The first kappa shape index (κ1) is 14.8. The molecule has 6 nitrogen and oxygen atoms in total. The summed E-state index contributed by atoms with van der Waals surface area (Å²) in [5.41, 5.74) is 1.46. The largest absolute Gasteiger partial charge is 0.482 e. The highest BCUT2D eigenvalue weighted by Crippen LogP contribution is 2.30. The maximum Gasteiger partial charge on any atom is 0.319 e. The van der Waals surface area contributed by atoms with Crippen molar-refractivity contribution < 1.29 is 18.7 Å². The van der Waals surface area contributed by atoms with Crippen molar-refractivity contribution in [1.29, 1.82) is 0 Å². The van der Waals surface area contributed by atoms with Crippen LogP contribution in [0.2, 0.25) is 0 Å². The van der Waals surface area contributed by atoms with Gasteiger partial charge in [0.15, 0.2) is 6.61 Å². The number of urea groups is 1. The lowest BCUT2D eigenvalue weighted by atomic mass is 10.2. The van der Waals surface area contributed by atoms with E-state index < -0.39 is 6.03 Å². The molecule has 1 heterocycles. The Bertz CT molecular complexity index is 764. The van der Waals surface area contributed by atoms with Crippen LogP contribution in [-0.4, -0.2) is 18.5 Å². The maximum atomic E-state index is 13.5. The lowest BCUT2D eigenvalue weighted by molar-refractivity contribution is -0.118. The topological polar surface area (TPSA) is 79.5 Å². The molecule has 2 aromatic rings. The average molecular weight is 315 g/mol. The lowest BCUT2D eigenvalue weighted by Crippen LogP contribution is -2.29. The highest BCUT2D eigenvalue weighted by molar-refractivity contribution is 5.96. The number of halogens is 1. The summed E-state index contributed by atoms with van der Waals surface area (Å²) in [6.45, 7) is 0.0198. The van der Waals surface area contributed by atoms with E-state index in [-0.39, 0.29) is 24.9 Å². The van der Waals surface area contributed by atoms with Gasteiger partial charge in [-0.15, -0.1) is 0 Å². The quantitative estimate of drug-likeness (QED) is 0.814. The van der Waals surface area contributed by atoms with Crippen LogP contribution in [0.25, 0.3) is 0 Å². The molecule has 7 heteroatoms. The van der Waals surface area contributed by atoms with Gasteiger partial charge in [-0.2, -0.15) is 0 Å². The summed E-state index contributed by atoms with van der Waals surface area (Å²) in [6.07, 6.45) is 0. The van der Waals surface area contributed by atoms with Gasteiger partial charge in [-0.05, 0) is 18.2 Å². The number of fused-ring (bicyclic) bond motifs is 1. The SMILES string of the molecule is O=C1COc2cc(NC(=O)NCc3ccccc3F)ccc2N1. The van der Waals surface area contributed by atoms with Gasteiger partial charge in [-0.3, -0.25) is 4.79 Å². The number of hydrogen-bond donors (Lipinski definition) is 3. The van der Waals surface area contributed by atoms with Gasteiger partial charge in [0, 0.05) is 23.9 Å². The van der Waals surface area contributed by atoms with E-state index in [0.29, 0.717) is 22.7 Å². The molecule has 0 radical (unpaired) electrons. The monoisotopic (exact) mass is 315 g/mol. The Hall–Kier alpha value is -3.09. The Labute approximate surface area is 131 Å². The highest BCUT2D eigenvalue weighted by Gasteiger charge is 2.16. The molecule has 1 aliphatic heterocycles. The highest BCUT2D eigenvalue weighted by atomic mass is 19.1. The van der Waals surface area contributed by atoms with E-state index in [0.717, 1.165) is 0 Å². The minimum atomic E-state index is -0.465. The second-order valence-electron chi connectivity index (χ2n) is 4.95. The Balaban J connectivity index is 1.60. The molecular formula is C16H14FN3O3. The second-order valence-corrected chi connectivity index (χ2v) is 4.95. The summed E-state index contributed by atoms with van der Waals surface area (Å²) in [5.74, 6) is -0.108. The Morgan fingerprint density at radius 2 is 2.09 bits per heavy atom. The van der Waals surface area contributed by atoms with Crippen molar-refractivity contribution in [2.45, 2.75) is 6.54 Å². The molecule has 0 aliphatic carbocycles. The summed E-state index contributed by atoms with van der Waals surface area (Å²) in [5, 5.41) is 7.86. The normalized spacial score (nSPS) is 12.7. The van der Waals surface area contributed by atoms with Crippen LogP contribution in [0.4, 0.5) is 20.6 Å².